The summed E-state index contributed by atoms with van der Waals surface area (Å²) in [7, 11) is 0. The molecule has 1 aromatic rings. The summed E-state index contributed by atoms with van der Waals surface area (Å²) >= 11 is 5.95. The van der Waals surface area contributed by atoms with E-state index in [0.29, 0.717) is 23.6 Å². The van der Waals surface area contributed by atoms with Gasteiger partial charge in [0.25, 0.3) is 0 Å². The summed E-state index contributed by atoms with van der Waals surface area (Å²) < 4.78 is 11.8. The maximum Gasteiger partial charge on any atom is 0.312 e. The monoisotopic (exact) mass is 464 g/mol. The summed E-state index contributed by atoms with van der Waals surface area (Å²) in [5, 5.41) is 12.8. The summed E-state index contributed by atoms with van der Waals surface area (Å²) in [5.74, 6) is -2.80. The number of aliphatic hydroxyl groups excluding tert-OH is 1. The van der Waals surface area contributed by atoms with Crippen LogP contribution in [0.2, 0.25) is 5.02 Å². The van der Waals surface area contributed by atoms with Gasteiger partial charge in [0.1, 0.15) is 17.6 Å². The van der Waals surface area contributed by atoms with Gasteiger partial charge in [-0.3, -0.25) is 14.4 Å². The second kappa shape index (κ2) is 8.32. The maximum absolute atomic E-state index is 13.6. The molecule has 3 aliphatic heterocycles. The second-order valence-electron chi connectivity index (χ2n) is 9.06. The van der Waals surface area contributed by atoms with E-state index in [1.54, 1.807) is 31.2 Å². The molecule has 0 aliphatic carbocycles. The molecule has 32 heavy (non-hydrogen) atoms. The highest BCUT2D eigenvalue weighted by Gasteiger charge is 2.80. The topological polar surface area (TPSA) is 105 Å². The van der Waals surface area contributed by atoms with Crippen molar-refractivity contribution in [3.63, 3.8) is 0 Å². The number of amides is 2. The number of nitrogens with zero attached hydrogens (tertiary/aromatic N) is 1. The van der Waals surface area contributed by atoms with E-state index in [1.165, 1.54) is 4.90 Å². The lowest BCUT2D eigenvalue weighted by Gasteiger charge is -2.35. The van der Waals surface area contributed by atoms with E-state index in [9.17, 15) is 19.5 Å². The summed E-state index contributed by atoms with van der Waals surface area (Å²) in [5.41, 5.74) is -1.48. The number of hydrogen-bond donors (Lipinski definition) is 2. The molecule has 1 spiro atoms. The molecule has 1 aromatic carbocycles. The van der Waals surface area contributed by atoms with Crippen LogP contribution in [0.3, 0.4) is 0 Å². The van der Waals surface area contributed by atoms with Gasteiger partial charge in [-0.2, -0.15) is 0 Å². The van der Waals surface area contributed by atoms with Crippen LogP contribution in [0.25, 0.3) is 0 Å². The molecule has 174 valence electrons. The summed E-state index contributed by atoms with van der Waals surface area (Å²) in [6.07, 6.45) is 0.792. The van der Waals surface area contributed by atoms with Crippen molar-refractivity contribution in [3.8, 4) is 0 Å². The van der Waals surface area contributed by atoms with Gasteiger partial charge in [0.15, 0.2) is 0 Å². The van der Waals surface area contributed by atoms with Gasteiger partial charge in [-0.05, 0) is 56.9 Å². The number of anilines is 1. The second-order valence-corrected chi connectivity index (χ2v) is 9.50. The van der Waals surface area contributed by atoms with E-state index in [4.69, 9.17) is 21.1 Å². The number of carbonyl (C=O) groups is 3. The van der Waals surface area contributed by atoms with Crippen molar-refractivity contribution in [1.29, 1.82) is 0 Å². The molecular weight excluding hydrogens is 436 g/mol. The van der Waals surface area contributed by atoms with Crippen molar-refractivity contribution in [1.82, 2.24) is 4.90 Å². The Morgan fingerprint density at radius 2 is 2.03 bits per heavy atom. The highest BCUT2D eigenvalue weighted by Crippen LogP contribution is 2.65. The summed E-state index contributed by atoms with van der Waals surface area (Å²) in [6, 6.07) is 5.77. The molecule has 2 bridgehead atoms. The van der Waals surface area contributed by atoms with Crippen LogP contribution < -0.4 is 5.32 Å². The molecule has 3 unspecified atom stereocenters. The molecule has 0 saturated carbocycles. The number of likely N-dealkylation sites (tertiary alicyclic amines) is 1. The van der Waals surface area contributed by atoms with Gasteiger partial charge in [0, 0.05) is 23.9 Å². The SMILES string of the molecule is CCOC(=O)[C@@H]1[C@H]2C(=O)N(CCCO)C(C(=O)Nc3ccc(Cl)cc3)C23CC(C)[C@@]1(C)O3. The molecular formula is C23H29ClN2O6. The van der Waals surface area contributed by atoms with Crippen molar-refractivity contribution in [3.05, 3.63) is 29.3 Å². The minimum absolute atomic E-state index is 0.0513. The Bertz CT molecular complexity index is 924. The lowest BCUT2D eigenvalue weighted by molar-refractivity contribution is -0.160. The highest BCUT2D eigenvalue weighted by molar-refractivity contribution is 6.30. The molecule has 3 saturated heterocycles. The predicted octanol–water partition coefficient (Wildman–Crippen LogP) is 2.23. The molecule has 0 aromatic heterocycles. The Hall–Kier alpha value is -2.16. The van der Waals surface area contributed by atoms with Crippen molar-refractivity contribution in [2.75, 3.05) is 25.1 Å². The van der Waals surface area contributed by atoms with Gasteiger partial charge in [-0.15, -0.1) is 0 Å². The molecule has 4 rings (SSSR count). The number of aliphatic hydroxyl groups is 1. The molecule has 3 fully saturated rings. The number of nitrogens with one attached hydrogen (secondary N) is 1. The van der Waals surface area contributed by atoms with Crippen LogP contribution in [0, 0.1) is 17.8 Å². The van der Waals surface area contributed by atoms with Crippen LogP contribution in [-0.2, 0) is 23.9 Å². The van der Waals surface area contributed by atoms with E-state index in [1.807, 2.05) is 13.8 Å². The first-order valence-corrected chi connectivity index (χ1v) is 11.4. The molecule has 6 atom stereocenters. The van der Waals surface area contributed by atoms with Crippen molar-refractivity contribution < 1.29 is 29.0 Å². The van der Waals surface area contributed by atoms with Crippen LogP contribution in [0.4, 0.5) is 5.69 Å². The lowest BCUT2D eigenvalue weighted by atomic mass is 9.62. The molecule has 3 aliphatic rings. The standard InChI is InChI=1S/C23H29ClN2O6/c1-4-31-21(30)17-16-20(29)26(10-5-11-27)18(23(16)12-13(2)22(17,3)32-23)19(28)25-15-8-6-14(24)7-9-15/h6-9,13,16-18,27H,4-5,10-12H2,1-3H3,(H,25,28)/t13?,16-,17-,18?,22+,23?/m0/s1. The minimum atomic E-state index is -1.13. The number of halogens is 1. The number of carbonyl (C=O) groups excluding carboxylic acids is 3. The van der Waals surface area contributed by atoms with Gasteiger partial charge >= 0.3 is 5.97 Å². The first-order chi connectivity index (χ1) is 15.2. The average molecular weight is 465 g/mol. The highest BCUT2D eigenvalue weighted by atomic mass is 35.5. The molecule has 8 nitrogen and oxygen atoms in total. The number of esters is 1. The zero-order chi connectivity index (χ0) is 23.3. The van der Waals surface area contributed by atoms with E-state index < -0.39 is 35.0 Å². The minimum Gasteiger partial charge on any atom is -0.466 e. The quantitative estimate of drug-likeness (QED) is 0.599. The third-order valence-corrected chi connectivity index (χ3v) is 7.52. The van der Waals surface area contributed by atoms with Crippen LogP contribution >= 0.6 is 11.6 Å². The van der Waals surface area contributed by atoms with Crippen molar-refractivity contribution >= 4 is 35.1 Å². The summed E-state index contributed by atoms with van der Waals surface area (Å²) in [4.78, 5) is 41.6. The normalized spacial score (nSPS) is 35.2. The van der Waals surface area contributed by atoms with E-state index >= 15 is 0 Å². The fraction of sp³-hybridized carbons (Fsp3) is 0.609. The number of fused-ring (bicyclic) bond motifs is 1. The van der Waals surface area contributed by atoms with Crippen LogP contribution in [0.15, 0.2) is 24.3 Å². The Labute approximate surface area is 192 Å². The van der Waals surface area contributed by atoms with Gasteiger partial charge in [0.05, 0.1) is 18.1 Å². The Balaban J connectivity index is 1.74. The van der Waals surface area contributed by atoms with Crippen LogP contribution in [0.5, 0.6) is 0 Å². The van der Waals surface area contributed by atoms with E-state index in [-0.39, 0.29) is 37.5 Å². The van der Waals surface area contributed by atoms with Crippen molar-refractivity contribution in [2.45, 2.75) is 50.9 Å². The zero-order valence-electron chi connectivity index (χ0n) is 18.5. The Kier molecular flexibility index (Phi) is 5.98. The summed E-state index contributed by atoms with van der Waals surface area (Å²) in [6.45, 7) is 5.81. The average Bonchev–Trinajstić information content (AvgIpc) is 3.25. The fourth-order valence-corrected chi connectivity index (χ4v) is 5.98. The smallest absolute Gasteiger partial charge is 0.312 e. The van der Waals surface area contributed by atoms with E-state index in [0.717, 1.165) is 0 Å². The molecule has 0 radical (unpaired) electrons. The first kappa shape index (κ1) is 23.0. The predicted molar refractivity (Wildman–Crippen MR) is 117 cm³/mol. The van der Waals surface area contributed by atoms with E-state index in [2.05, 4.69) is 5.32 Å². The van der Waals surface area contributed by atoms with Gasteiger partial charge < -0.3 is 24.8 Å². The molecule has 3 heterocycles. The van der Waals surface area contributed by atoms with Gasteiger partial charge in [-0.1, -0.05) is 18.5 Å². The molecule has 9 heteroatoms. The Morgan fingerprint density at radius 1 is 1.34 bits per heavy atom. The van der Waals surface area contributed by atoms with Gasteiger partial charge in [0.2, 0.25) is 11.8 Å². The number of ether oxygens (including phenoxy) is 2. The van der Waals surface area contributed by atoms with Gasteiger partial charge in [-0.25, -0.2) is 0 Å². The van der Waals surface area contributed by atoms with Crippen molar-refractivity contribution in [2.24, 2.45) is 17.8 Å². The molecule has 2 amide bonds. The zero-order valence-corrected chi connectivity index (χ0v) is 19.2. The molecule has 2 N–H and O–H groups in total. The fourth-order valence-electron chi connectivity index (χ4n) is 5.85. The lowest BCUT2D eigenvalue weighted by Crippen LogP contribution is -2.54. The first-order valence-electron chi connectivity index (χ1n) is 11.0. The number of rotatable bonds is 7. The third-order valence-electron chi connectivity index (χ3n) is 7.27. The van der Waals surface area contributed by atoms with Crippen LogP contribution in [0.1, 0.15) is 33.6 Å². The van der Waals surface area contributed by atoms with Crippen LogP contribution in [-0.4, -0.2) is 64.8 Å². The Morgan fingerprint density at radius 3 is 2.66 bits per heavy atom. The third kappa shape index (κ3) is 3.31. The maximum atomic E-state index is 13.6. The largest absolute Gasteiger partial charge is 0.466 e. The number of benzene rings is 1. The number of hydrogen-bond acceptors (Lipinski definition) is 6.